The minimum Gasteiger partial charge on any atom is -0.315 e. The fourth-order valence-electron chi connectivity index (χ4n) is 1.94. The number of fused-ring (bicyclic) bond motifs is 1. The minimum atomic E-state index is 0.145. The Balaban J connectivity index is 2.00. The predicted octanol–water partition coefficient (Wildman–Crippen LogP) is 1.32. The van der Waals surface area contributed by atoms with Crippen LogP contribution in [0.5, 0.6) is 0 Å². The highest BCUT2D eigenvalue weighted by molar-refractivity contribution is 5.40. The predicted molar refractivity (Wildman–Crippen MR) is 66.0 cm³/mol. The second kappa shape index (κ2) is 4.28. The van der Waals surface area contributed by atoms with Crippen LogP contribution >= 0.6 is 0 Å². The maximum atomic E-state index is 9.05. The van der Waals surface area contributed by atoms with Crippen LogP contribution in [0, 0.1) is 22.7 Å². The van der Waals surface area contributed by atoms with Gasteiger partial charge in [0.05, 0.1) is 18.6 Å². The third-order valence-electron chi connectivity index (χ3n) is 2.80. The number of hydrogen-bond donors (Lipinski definition) is 0. The zero-order chi connectivity index (χ0) is 13.2. The van der Waals surface area contributed by atoms with Crippen LogP contribution in [0.1, 0.15) is 17.1 Å². The number of aromatic nitrogens is 4. The van der Waals surface area contributed by atoms with E-state index in [9.17, 15) is 0 Å². The van der Waals surface area contributed by atoms with Gasteiger partial charge in [0, 0.05) is 12.4 Å². The van der Waals surface area contributed by atoms with Crippen molar-refractivity contribution in [2.75, 3.05) is 0 Å². The van der Waals surface area contributed by atoms with Crippen LogP contribution in [0.2, 0.25) is 0 Å². The molecule has 0 saturated carbocycles. The first-order valence-electron chi connectivity index (χ1n) is 5.60. The highest BCUT2D eigenvalue weighted by atomic mass is 15.1. The second-order valence-electron chi connectivity index (χ2n) is 3.99. The molecule has 6 nitrogen and oxygen atoms in total. The first-order valence-corrected chi connectivity index (χ1v) is 5.60. The van der Waals surface area contributed by atoms with E-state index in [0.717, 1.165) is 11.3 Å². The summed E-state index contributed by atoms with van der Waals surface area (Å²) in [5.41, 5.74) is 2.06. The standard InChI is InChI=1S/C13H8N6/c14-5-11-12(6-15)19(9-16-11)8-10-7-18-4-2-1-3-13(18)17-10/h1-4,7,9H,8H2. The Bertz CT molecular complexity index is 794. The van der Waals surface area contributed by atoms with Gasteiger partial charge in [-0.05, 0) is 12.1 Å². The quantitative estimate of drug-likeness (QED) is 0.684. The van der Waals surface area contributed by atoms with Crippen molar-refractivity contribution in [3.63, 3.8) is 0 Å². The molecular weight excluding hydrogens is 240 g/mol. The molecule has 0 spiro atoms. The summed E-state index contributed by atoms with van der Waals surface area (Å²) in [7, 11) is 0. The Morgan fingerprint density at radius 2 is 2.11 bits per heavy atom. The monoisotopic (exact) mass is 248 g/mol. The normalized spacial score (nSPS) is 10.2. The highest BCUT2D eigenvalue weighted by Crippen LogP contribution is 2.10. The molecule has 0 aliphatic heterocycles. The molecule has 90 valence electrons. The Hall–Kier alpha value is -3.12. The first kappa shape index (κ1) is 11.0. The maximum Gasteiger partial charge on any atom is 0.176 e. The molecule has 0 unspecified atom stereocenters. The van der Waals surface area contributed by atoms with Crippen LogP contribution in [0.3, 0.4) is 0 Å². The van der Waals surface area contributed by atoms with E-state index in [2.05, 4.69) is 9.97 Å². The summed E-state index contributed by atoms with van der Waals surface area (Å²) in [5, 5.41) is 17.9. The molecule has 3 aromatic heterocycles. The van der Waals surface area contributed by atoms with E-state index in [4.69, 9.17) is 10.5 Å². The molecule has 0 saturated heterocycles. The average molecular weight is 248 g/mol. The van der Waals surface area contributed by atoms with Gasteiger partial charge in [-0.15, -0.1) is 0 Å². The molecule has 0 atom stereocenters. The van der Waals surface area contributed by atoms with Gasteiger partial charge < -0.3 is 8.97 Å². The zero-order valence-electron chi connectivity index (χ0n) is 9.85. The summed E-state index contributed by atoms with van der Waals surface area (Å²) < 4.78 is 3.53. The van der Waals surface area contributed by atoms with Crippen molar-refractivity contribution in [2.45, 2.75) is 6.54 Å². The Kier molecular flexibility index (Phi) is 2.48. The number of rotatable bonds is 2. The molecule has 0 fully saturated rings. The molecular formula is C13H8N6. The van der Waals surface area contributed by atoms with Gasteiger partial charge in [-0.2, -0.15) is 10.5 Å². The van der Waals surface area contributed by atoms with Gasteiger partial charge in [0.1, 0.15) is 17.8 Å². The summed E-state index contributed by atoms with van der Waals surface area (Å²) in [6.45, 7) is 0.416. The van der Waals surface area contributed by atoms with Crippen molar-refractivity contribution < 1.29 is 0 Å². The molecule has 19 heavy (non-hydrogen) atoms. The molecule has 0 aliphatic rings. The third kappa shape index (κ3) is 1.81. The minimum absolute atomic E-state index is 0.145. The lowest BCUT2D eigenvalue weighted by Gasteiger charge is -1.99. The molecule has 6 heteroatoms. The summed E-state index contributed by atoms with van der Waals surface area (Å²) in [4.78, 5) is 8.34. The molecule has 0 aliphatic carbocycles. The Morgan fingerprint density at radius 1 is 1.21 bits per heavy atom. The van der Waals surface area contributed by atoms with E-state index in [1.807, 2.05) is 47.1 Å². The van der Waals surface area contributed by atoms with Crippen molar-refractivity contribution in [1.82, 2.24) is 18.9 Å². The van der Waals surface area contributed by atoms with Crippen molar-refractivity contribution >= 4 is 5.65 Å². The van der Waals surface area contributed by atoms with Crippen LogP contribution in [0.25, 0.3) is 5.65 Å². The molecule has 0 aromatic carbocycles. The number of nitriles is 2. The van der Waals surface area contributed by atoms with Crippen LogP contribution in [-0.2, 0) is 6.54 Å². The highest BCUT2D eigenvalue weighted by Gasteiger charge is 2.11. The third-order valence-corrected chi connectivity index (χ3v) is 2.80. The van der Waals surface area contributed by atoms with Crippen molar-refractivity contribution in [3.8, 4) is 12.1 Å². The van der Waals surface area contributed by atoms with Gasteiger partial charge in [-0.3, -0.25) is 0 Å². The second-order valence-corrected chi connectivity index (χ2v) is 3.99. The maximum absolute atomic E-state index is 9.05. The van der Waals surface area contributed by atoms with Crippen LogP contribution in [0.15, 0.2) is 36.9 Å². The summed E-state index contributed by atoms with van der Waals surface area (Å²) in [5.74, 6) is 0. The van der Waals surface area contributed by atoms with Gasteiger partial charge in [-0.25, -0.2) is 9.97 Å². The molecule has 0 bridgehead atoms. The van der Waals surface area contributed by atoms with E-state index >= 15 is 0 Å². The lowest BCUT2D eigenvalue weighted by atomic mass is 10.3. The summed E-state index contributed by atoms with van der Waals surface area (Å²) in [6, 6.07) is 9.63. The Morgan fingerprint density at radius 3 is 2.84 bits per heavy atom. The van der Waals surface area contributed by atoms with Gasteiger partial charge >= 0.3 is 0 Å². The van der Waals surface area contributed by atoms with Gasteiger partial charge in [0.15, 0.2) is 11.4 Å². The van der Waals surface area contributed by atoms with Crippen molar-refractivity contribution in [2.24, 2.45) is 0 Å². The van der Waals surface area contributed by atoms with E-state index in [0.29, 0.717) is 6.54 Å². The average Bonchev–Trinajstić information content (AvgIpc) is 3.01. The number of pyridine rings is 1. The number of hydrogen-bond acceptors (Lipinski definition) is 4. The number of imidazole rings is 2. The smallest absolute Gasteiger partial charge is 0.176 e. The van der Waals surface area contributed by atoms with Crippen molar-refractivity contribution in [1.29, 1.82) is 10.5 Å². The molecule has 3 aromatic rings. The van der Waals surface area contributed by atoms with E-state index in [-0.39, 0.29) is 11.4 Å². The zero-order valence-corrected chi connectivity index (χ0v) is 9.85. The number of nitrogens with zero attached hydrogens (tertiary/aromatic N) is 6. The molecule has 0 radical (unpaired) electrons. The van der Waals surface area contributed by atoms with Crippen LogP contribution in [0.4, 0.5) is 0 Å². The lowest BCUT2D eigenvalue weighted by Crippen LogP contribution is -2.01. The van der Waals surface area contributed by atoms with E-state index in [1.165, 1.54) is 6.33 Å². The topological polar surface area (TPSA) is 82.7 Å². The van der Waals surface area contributed by atoms with Crippen LogP contribution in [-0.4, -0.2) is 18.9 Å². The van der Waals surface area contributed by atoms with Gasteiger partial charge in [0.25, 0.3) is 0 Å². The Labute approximate surface area is 108 Å². The first-order chi connectivity index (χ1) is 9.31. The molecule has 0 amide bonds. The largest absolute Gasteiger partial charge is 0.315 e. The summed E-state index contributed by atoms with van der Waals surface area (Å²) >= 11 is 0. The summed E-state index contributed by atoms with van der Waals surface area (Å²) in [6.07, 6.45) is 5.29. The fourth-order valence-corrected chi connectivity index (χ4v) is 1.94. The van der Waals surface area contributed by atoms with Crippen LogP contribution < -0.4 is 0 Å². The molecule has 3 rings (SSSR count). The molecule has 0 N–H and O–H groups in total. The van der Waals surface area contributed by atoms with E-state index < -0.39 is 0 Å². The van der Waals surface area contributed by atoms with Gasteiger partial charge in [-0.1, -0.05) is 6.07 Å². The fraction of sp³-hybridized carbons (Fsp3) is 0.0769. The SMILES string of the molecule is N#Cc1ncn(Cc2cn3ccccc3n2)c1C#N. The lowest BCUT2D eigenvalue weighted by molar-refractivity contribution is 0.768. The molecule has 3 heterocycles. The van der Waals surface area contributed by atoms with Gasteiger partial charge in [0.2, 0.25) is 0 Å². The van der Waals surface area contributed by atoms with Crippen molar-refractivity contribution in [3.05, 3.63) is 54.0 Å². The van der Waals surface area contributed by atoms with E-state index in [1.54, 1.807) is 4.57 Å².